The van der Waals surface area contributed by atoms with E-state index in [0.717, 1.165) is 143 Å². The van der Waals surface area contributed by atoms with Crippen molar-refractivity contribution in [2.75, 3.05) is 74.2 Å². The third kappa shape index (κ3) is 36.1. The maximum absolute atomic E-state index is 13.4. The van der Waals surface area contributed by atoms with Crippen LogP contribution in [0.5, 0.6) is 34.5 Å². The maximum Gasteiger partial charge on any atom is 0.318 e. The number of hydrogen-bond acceptors (Lipinski definition) is 12. The molecule has 0 spiro atoms. The van der Waals surface area contributed by atoms with Crippen LogP contribution in [0.15, 0.2) is 229 Å². The Balaban J connectivity index is 0.000000218. The van der Waals surface area contributed by atoms with E-state index >= 15 is 0 Å². The van der Waals surface area contributed by atoms with Gasteiger partial charge in [-0.05, 0) is 279 Å². The number of hydrogen-bond donors (Lipinski definition) is 12. The van der Waals surface area contributed by atoms with Gasteiger partial charge in [0.15, 0.2) is 0 Å². The highest BCUT2D eigenvalue weighted by Crippen LogP contribution is 2.32. The highest BCUT2D eigenvalue weighted by Gasteiger charge is 2.17. The van der Waals surface area contributed by atoms with E-state index in [1.165, 1.54) is 53.1 Å². The molecule has 12 aromatic carbocycles. The predicted molar refractivity (Wildman–Crippen MR) is 549 cm³/mol. The van der Waals surface area contributed by atoms with Crippen LogP contribution in [0.1, 0.15) is 111 Å². The van der Waals surface area contributed by atoms with Crippen molar-refractivity contribution >= 4 is 127 Å². The number of amides is 12. The van der Waals surface area contributed by atoms with Gasteiger partial charge in [-0.2, -0.15) is 0 Å². The molecule has 0 heterocycles. The molecule has 12 rings (SSSR count). The molecule has 12 aromatic rings. The van der Waals surface area contributed by atoms with Crippen LogP contribution in [-0.4, -0.2) is 78.5 Å². The highest BCUT2D eigenvalue weighted by molar-refractivity contribution is 14.1. The lowest BCUT2D eigenvalue weighted by Gasteiger charge is -2.14. The van der Waals surface area contributed by atoms with Crippen LogP contribution < -0.4 is 92.2 Å². The number of nitrogens with one attached hydrogen (secondary N) is 12. The molecule has 0 aliphatic heterocycles. The van der Waals surface area contributed by atoms with Crippen molar-refractivity contribution in [3.05, 3.63) is 355 Å². The summed E-state index contributed by atoms with van der Waals surface area (Å²) in [6.07, 6.45) is 1.77. The average Bonchev–Trinajstić information content (AvgIpc) is 0.859. The minimum absolute atomic E-state index is 0.168. The number of aryl methyl sites for hydroxylation is 13. The van der Waals surface area contributed by atoms with Gasteiger partial charge in [-0.3, -0.25) is 0 Å². The SMILES string of the molecule is C=Cc1ccc(NC(=O)NC)c(COc2ccc(C)cc2C)c1.CNC(=O)Nc1ccc(Br)cc1COc1ccc(C)cc1C.CNC(=O)Nc1ccc(C)cc1COc1ccc(C)cc1C.CNC(=O)Nc1ccc(Cl)cc1COc1ccc(C)cc1C.CNC(=O)Nc1ccc(F)cc1COc1ccc(C)cc1C.CNC(=O)Nc1ccc(I)cc1COc1ccc(C)cc1C. The minimum Gasteiger partial charge on any atom is -0.489 e. The molecule has 12 N–H and O–H groups in total. The van der Waals surface area contributed by atoms with Gasteiger partial charge in [-0.15, -0.1) is 0 Å². The van der Waals surface area contributed by atoms with Crippen LogP contribution in [0.2, 0.25) is 5.02 Å². The van der Waals surface area contributed by atoms with Gasteiger partial charge in [0.2, 0.25) is 0 Å². The van der Waals surface area contributed by atoms with Crippen LogP contribution in [0.4, 0.5) is 67.3 Å². The Morgan fingerprint density at radius 3 is 0.835 bits per heavy atom. The van der Waals surface area contributed by atoms with Gasteiger partial charge in [0.05, 0.1) is 0 Å². The van der Waals surface area contributed by atoms with Crippen molar-refractivity contribution in [1.82, 2.24) is 31.9 Å². The molecule has 700 valence electrons. The summed E-state index contributed by atoms with van der Waals surface area (Å²) in [6, 6.07) is 67.1. The van der Waals surface area contributed by atoms with E-state index in [2.05, 4.69) is 167 Å². The van der Waals surface area contributed by atoms with E-state index in [0.29, 0.717) is 55.0 Å². The fraction of sp³-hybridized carbons (Fsp3) is 0.238. The number of halogens is 4. The fourth-order valence-corrected chi connectivity index (χ4v) is 14.1. The van der Waals surface area contributed by atoms with Crippen LogP contribution in [0.3, 0.4) is 0 Å². The normalized spacial score (nSPS) is 10.2. The van der Waals surface area contributed by atoms with Crippen molar-refractivity contribution in [3.8, 4) is 34.5 Å². The van der Waals surface area contributed by atoms with E-state index in [-0.39, 0.29) is 48.6 Å². The number of urea groups is 6. The van der Waals surface area contributed by atoms with E-state index in [9.17, 15) is 33.2 Å². The molecule has 0 aliphatic carbocycles. The predicted octanol–water partition coefficient (Wildman–Crippen LogP) is 24.9. The first-order valence-electron chi connectivity index (χ1n) is 42.6. The van der Waals surface area contributed by atoms with Crippen molar-refractivity contribution in [3.63, 3.8) is 0 Å². The minimum atomic E-state index is -0.373. The summed E-state index contributed by atoms with van der Waals surface area (Å²) in [5.74, 6) is 4.58. The molecular weight excluding hydrogens is 1880 g/mol. The number of carbonyl (C=O) groups excluding carboxylic acids is 6. The third-order valence-corrected chi connectivity index (χ3v) is 21.4. The summed E-state index contributed by atoms with van der Waals surface area (Å²) in [7, 11) is 9.43. The van der Waals surface area contributed by atoms with E-state index in [4.69, 9.17) is 40.0 Å². The summed E-state index contributed by atoms with van der Waals surface area (Å²) >= 11 is 11.7. The van der Waals surface area contributed by atoms with Crippen molar-refractivity contribution in [2.45, 2.75) is 130 Å². The zero-order chi connectivity index (χ0) is 97.4. The van der Waals surface area contributed by atoms with Gasteiger partial charge in [-0.25, -0.2) is 33.2 Å². The standard InChI is InChI=1S/C19H22N2O2.C18H22N2O2.C17H19BrN2O2.C17H19ClN2O2.C17H19FN2O2.C17H19IN2O2/c1-5-15-7-8-17(21-19(22)20-4)16(11-15)12-23-18-9-6-13(2)10-14(18)3;1-12-6-8-17(14(3)9-12)22-11-15-10-13(2)5-7-16(15)20-18(21)19-4;4*1-11-4-7-16(12(2)8-11)22-10-13-9-14(18)5-6-15(13)20-17(21)19-3/h5-11H,1,12H2,2-4H3,(H2,20,21,22);5-10H,11H2,1-4H3,(H2,19,20,21);4*4-9H,10H2,1-3H3,(H2,19,20,21). The smallest absolute Gasteiger partial charge is 0.318 e. The number of carbonyl (C=O) groups is 6. The maximum atomic E-state index is 13.4. The van der Waals surface area contributed by atoms with Crippen LogP contribution in [0.25, 0.3) is 6.08 Å². The summed E-state index contributed by atoms with van der Waals surface area (Å²) < 4.78 is 50.7. The number of anilines is 6. The van der Waals surface area contributed by atoms with Gasteiger partial charge >= 0.3 is 36.2 Å². The topological polar surface area (TPSA) is 302 Å². The molecule has 0 fully saturated rings. The van der Waals surface area contributed by atoms with Crippen LogP contribution in [0, 0.1) is 99.4 Å². The van der Waals surface area contributed by atoms with Crippen LogP contribution >= 0.6 is 50.1 Å². The quantitative estimate of drug-likeness (QED) is 0.0238. The van der Waals surface area contributed by atoms with Gasteiger partial charge in [0.25, 0.3) is 0 Å². The Morgan fingerprint density at radius 2 is 0.534 bits per heavy atom. The van der Waals surface area contributed by atoms with Crippen molar-refractivity contribution in [1.29, 1.82) is 0 Å². The van der Waals surface area contributed by atoms with Gasteiger partial charge in [0, 0.05) is 123 Å². The monoisotopic (exact) mass is 2000 g/mol. The van der Waals surface area contributed by atoms with Crippen LogP contribution in [-0.2, 0) is 39.6 Å². The Labute approximate surface area is 807 Å². The largest absolute Gasteiger partial charge is 0.489 e. The lowest BCUT2D eigenvalue weighted by atomic mass is 10.1. The summed E-state index contributed by atoms with van der Waals surface area (Å²) in [5, 5.41) is 32.4. The molecule has 0 aromatic heterocycles. The van der Waals surface area contributed by atoms with Gasteiger partial charge in [-0.1, -0.05) is 170 Å². The fourth-order valence-electron chi connectivity index (χ4n) is 13.0. The second-order valence-electron chi connectivity index (χ2n) is 31.1. The number of rotatable bonds is 25. The molecular formula is C105H120BrClFIN12O12. The molecule has 0 radical (unpaired) electrons. The molecule has 133 heavy (non-hydrogen) atoms. The van der Waals surface area contributed by atoms with Crippen molar-refractivity contribution in [2.24, 2.45) is 0 Å². The molecule has 0 saturated heterocycles. The molecule has 0 saturated carbocycles. The van der Waals surface area contributed by atoms with Crippen molar-refractivity contribution < 1.29 is 61.6 Å². The number of ether oxygens (including phenoxy) is 6. The molecule has 12 amide bonds. The first-order valence-corrected chi connectivity index (χ1v) is 44.9. The zero-order valence-corrected chi connectivity index (χ0v) is 83.2. The second kappa shape index (κ2) is 54.1. The number of benzene rings is 12. The molecule has 0 unspecified atom stereocenters. The van der Waals surface area contributed by atoms with E-state index in [1.54, 1.807) is 59.5 Å². The Kier molecular flexibility index (Phi) is 43.3. The molecule has 0 aliphatic rings. The Bertz CT molecular complexity index is 5330. The third-order valence-electron chi connectivity index (χ3n) is 20.0. The molecule has 0 atom stereocenters. The first kappa shape index (κ1) is 106. The molecule has 24 nitrogen and oxygen atoms in total. The first-order chi connectivity index (χ1) is 63.5. The van der Waals surface area contributed by atoms with E-state index < -0.39 is 0 Å². The molecule has 0 bridgehead atoms. The lowest BCUT2D eigenvalue weighted by molar-refractivity contribution is 0.253. The summed E-state index contributed by atoms with van der Waals surface area (Å²) in [4.78, 5) is 69.0. The van der Waals surface area contributed by atoms with Gasteiger partial charge < -0.3 is 92.2 Å². The summed E-state index contributed by atoms with van der Waals surface area (Å²) in [5.41, 5.74) is 25.0. The highest BCUT2D eigenvalue weighted by atomic mass is 127. The van der Waals surface area contributed by atoms with E-state index in [1.807, 2.05) is 214 Å². The van der Waals surface area contributed by atoms with Gasteiger partial charge in [0.1, 0.15) is 80.0 Å². The lowest BCUT2D eigenvalue weighted by Crippen LogP contribution is -2.25. The summed E-state index contributed by atoms with van der Waals surface area (Å²) in [6.45, 7) is 32.2. The Hall–Kier alpha value is -13.8. The average molecular weight is 2000 g/mol. The second-order valence-corrected chi connectivity index (χ2v) is 33.7. The zero-order valence-electron chi connectivity index (χ0n) is 78.7. The molecule has 28 heteroatoms. The Morgan fingerprint density at radius 1 is 0.301 bits per heavy atom.